The van der Waals surface area contributed by atoms with Crippen molar-refractivity contribution < 1.29 is 34.0 Å². The molecular formula is C16H18Cl3NO7. The van der Waals surface area contributed by atoms with E-state index in [2.05, 4.69) is 5.32 Å². The molecule has 0 bridgehead atoms. The lowest BCUT2D eigenvalue weighted by Crippen LogP contribution is -2.66. The predicted octanol–water partition coefficient (Wildman–Crippen LogP) is 1.64. The maximum atomic E-state index is 11.8. The first-order chi connectivity index (χ1) is 12.7. The second-order valence-electron chi connectivity index (χ2n) is 6.09. The van der Waals surface area contributed by atoms with E-state index < -0.39 is 53.4 Å². The summed E-state index contributed by atoms with van der Waals surface area (Å²) in [6.45, 7) is -0.404. The highest BCUT2D eigenvalue weighted by Gasteiger charge is 2.49. The van der Waals surface area contributed by atoms with Crippen LogP contribution in [0.1, 0.15) is 11.9 Å². The van der Waals surface area contributed by atoms with Gasteiger partial charge >= 0.3 is 6.09 Å². The van der Waals surface area contributed by atoms with E-state index in [1.54, 1.807) is 0 Å². The van der Waals surface area contributed by atoms with E-state index in [9.17, 15) is 15.0 Å². The van der Waals surface area contributed by atoms with Gasteiger partial charge in [0.15, 0.2) is 12.6 Å². The Morgan fingerprint density at radius 3 is 2.59 bits per heavy atom. The van der Waals surface area contributed by atoms with Crippen LogP contribution in [0.25, 0.3) is 0 Å². The Bertz CT molecular complexity index is 645. The van der Waals surface area contributed by atoms with E-state index in [0.29, 0.717) is 0 Å². The highest BCUT2D eigenvalue weighted by Crippen LogP contribution is 2.33. The number of aliphatic hydroxyl groups is 2. The maximum absolute atomic E-state index is 11.8. The van der Waals surface area contributed by atoms with E-state index in [0.717, 1.165) is 5.56 Å². The molecular weight excluding hydrogens is 425 g/mol. The first kappa shape index (κ1) is 20.9. The molecule has 2 fully saturated rings. The molecule has 0 spiro atoms. The molecule has 2 saturated heterocycles. The van der Waals surface area contributed by atoms with E-state index >= 15 is 0 Å². The van der Waals surface area contributed by atoms with Crippen LogP contribution in [0.3, 0.4) is 0 Å². The molecule has 2 heterocycles. The number of aliphatic hydroxyl groups excluding tert-OH is 2. The summed E-state index contributed by atoms with van der Waals surface area (Å²) in [5.41, 5.74) is 0.765. The summed E-state index contributed by atoms with van der Waals surface area (Å²) in [5.74, 6) is 0. The Hall–Kier alpha value is -0.840. The Balaban J connectivity index is 1.63. The van der Waals surface area contributed by atoms with Crippen molar-refractivity contribution in [1.29, 1.82) is 0 Å². The summed E-state index contributed by atoms with van der Waals surface area (Å²) in [4.78, 5) is 11.8. The van der Waals surface area contributed by atoms with Gasteiger partial charge in [0.25, 0.3) is 0 Å². The molecule has 2 aliphatic heterocycles. The molecule has 0 aromatic heterocycles. The summed E-state index contributed by atoms with van der Waals surface area (Å²) >= 11 is 16.5. The SMILES string of the molecule is O=C(N[C@H]1C(O)O[C@@H]2CO[C@@H](c3ccccc3)O[C@H]2[C@@H]1O)OCC(Cl)(Cl)Cl. The van der Waals surface area contributed by atoms with Gasteiger partial charge in [-0.3, -0.25) is 0 Å². The number of alkyl carbamates (subject to hydrolysis) is 1. The van der Waals surface area contributed by atoms with Crippen molar-refractivity contribution in [3.05, 3.63) is 35.9 Å². The fourth-order valence-electron chi connectivity index (χ4n) is 2.87. The Labute approximate surface area is 170 Å². The van der Waals surface area contributed by atoms with Crippen LogP contribution in [0.4, 0.5) is 4.79 Å². The van der Waals surface area contributed by atoms with Crippen molar-refractivity contribution in [2.75, 3.05) is 13.2 Å². The quantitative estimate of drug-likeness (QED) is 0.611. The molecule has 1 aromatic carbocycles. The molecule has 27 heavy (non-hydrogen) atoms. The van der Waals surface area contributed by atoms with Gasteiger partial charge in [0.1, 0.15) is 31.0 Å². The lowest BCUT2D eigenvalue weighted by molar-refractivity contribution is -0.337. The van der Waals surface area contributed by atoms with Gasteiger partial charge in [-0.25, -0.2) is 4.79 Å². The molecule has 3 rings (SSSR count). The van der Waals surface area contributed by atoms with E-state index in [1.807, 2.05) is 30.3 Å². The second kappa shape index (κ2) is 8.67. The van der Waals surface area contributed by atoms with Crippen molar-refractivity contribution in [1.82, 2.24) is 5.32 Å². The summed E-state index contributed by atoms with van der Waals surface area (Å²) < 4.78 is 19.8. The van der Waals surface area contributed by atoms with E-state index in [1.165, 1.54) is 0 Å². The van der Waals surface area contributed by atoms with Crippen LogP contribution in [0.2, 0.25) is 0 Å². The fourth-order valence-corrected chi connectivity index (χ4v) is 3.03. The Morgan fingerprint density at radius 2 is 1.93 bits per heavy atom. The van der Waals surface area contributed by atoms with Crippen molar-refractivity contribution in [2.24, 2.45) is 0 Å². The smallest absolute Gasteiger partial charge is 0.407 e. The number of carbonyl (C=O) groups is 1. The molecule has 8 nitrogen and oxygen atoms in total. The normalized spacial score (nSPS) is 33.8. The Kier molecular flexibility index (Phi) is 6.70. The van der Waals surface area contributed by atoms with Gasteiger partial charge in [0.2, 0.25) is 3.79 Å². The molecule has 0 radical (unpaired) electrons. The third-order valence-electron chi connectivity index (χ3n) is 4.11. The molecule has 1 amide bonds. The number of ether oxygens (including phenoxy) is 4. The number of hydrogen-bond acceptors (Lipinski definition) is 7. The molecule has 1 aromatic rings. The van der Waals surface area contributed by atoms with Crippen LogP contribution < -0.4 is 5.32 Å². The van der Waals surface area contributed by atoms with Crippen LogP contribution in [0.5, 0.6) is 0 Å². The topological polar surface area (TPSA) is 106 Å². The number of fused-ring (bicyclic) bond motifs is 1. The molecule has 6 atom stereocenters. The molecule has 11 heteroatoms. The van der Waals surface area contributed by atoms with Crippen molar-refractivity contribution in [3.63, 3.8) is 0 Å². The van der Waals surface area contributed by atoms with Crippen LogP contribution in [-0.2, 0) is 18.9 Å². The number of alkyl halides is 3. The minimum atomic E-state index is -1.78. The minimum absolute atomic E-state index is 0.1000. The zero-order chi connectivity index (χ0) is 19.6. The van der Waals surface area contributed by atoms with Crippen molar-refractivity contribution >= 4 is 40.9 Å². The van der Waals surface area contributed by atoms with Gasteiger partial charge in [-0.2, -0.15) is 0 Å². The van der Waals surface area contributed by atoms with Crippen molar-refractivity contribution in [2.45, 2.75) is 40.7 Å². The third-order valence-corrected chi connectivity index (χ3v) is 4.44. The fraction of sp³-hybridized carbons (Fsp3) is 0.562. The molecule has 3 N–H and O–H groups in total. The number of carbonyl (C=O) groups excluding carboxylic acids is 1. The number of halogens is 3. The average Bonchev–Trinajstić information content (AvgIpc) is 2.63. The van der Waals surface area contributed by atoms with Crippen molar-refractivity contribution in [3.8, 4) is 0 Å². The van der Waals surface area contributed by atoms with Crippen LogP contribution >= 0.6 is 34.8 Å². The van der Waals surface area contributed by atoms with Crippen LogP contribution in [0.15, 0.2) is 30.3 Å². The number of hydrogen-bond donors (Lipinski definition) is 3. The monoisotopic (exact) mass is 441 g/mol. The minimum Gasteiger partial charge on any atom is -0.445 e. The molecule has 1 unspecified atom stereocenters. The van der Waals surface area contributed by atoms with E-state index in [4.69, 9.17) is 53.8 Å². The third kappa shape index (κ3) is 5.36. The van der Waals surface area contributed by atoms with Gasteiger partial charge in [-0.1, -0.05) is 65.1 Å². The van der Waals surface area contributed by atoms with Gasteiger partial charge in [0.05, 0.1) is 6.61 Å². The van der Waals surface area contributed by atoms with Crippen LogP contribution in [0, 0.1) is 0 Å². The summed E-state index contributed by atoms with van der Waals surface area (Å²) in [5, 5.41) is 23.0. The van der Waals surface area contributed by atoms with E-state index in [-0.39, 0.29) is 6.61 Å². The highest BCUT2D eigenvalue weighted by atomic mass is 35.6. The molecule has 0 saturated carbocycles. The first-order valence-corrected chi connectivity index (χ1v) is 9.21. The standard InChI is InChI=1S/C16H18Cl3NO7/c17-16(18,19)7-25-15(23)20-10-11(21)12-9(26-13(10)22)6-24-14(27-12)8-4-2-1-3-5-8/h1-5,9-14,21-22H,6-7H2,(H,20,23)/t9-,10-,11-,12-,13?,14-/m1/s1. The largest absolute Gasteiger partial charge is 0.445 e. The highest BCUT2D eigenvalue weighted by molar-refractivity contribution is 6.67. The Morgan fingerprint density at radius 1 is 1.22 bits per heavy atom. The van der Waals surface area contributed by atoms with Gasteiger partial charge in [-0.15, -0.1) is 0 Å². The summed E-state index contributed by atoms with van der Waals surface area (Å²) in [6, 6.07) is 7.95. The number of benzene rings is 1. The van der Waals surface area contributed by atoms with Gasteiger partial charge in [-0.05, 0) is 0 Å². The zero-order valence-corrected chi connectivity index (χ0v) is 16.1. The second-order valence-corrected chi connectivity index (χ2v) is 8.61. The molecule has 2 aliphatic rings. The lowest BCUT2D eigenvalue weighted by Gasteiger charge is -2.46. The zero-order valence-electron chi connectivity index (χ0n) is 13.8. The van der Waals surface area contributed by atoms with Gasteiger partial charge < -0.3 is 34.5 Å². The van der Waals surface area contributed by atoms with Gasteiger partial charge in [0, 0.05) is 5.56 Å². The maximum Gasteiger partial charge on any atom is 0.407 e. The number of nitrogens with one attached hydrogen (secondary N) is 1. The van der Waals surface area contributed by atoms with Crippen LogP contribution in [-0.4, -0.2) is 64.0 Å². The number of rotatable bonds is 3. The average molecular weight is 443 g/mol. The summed E-state index contributed by atoms with van der Waals surface area (Å²) in [7, 11) is 0. The summed E-state index contributed by atoms with van der Waals surface area (Å²) in [6.07, 6.45) is -6.02. The first-order valence-electron chi connectivity index (χ1n) is 8.08. The number of amides is 1. The molecule has 150 valence electrons. The molecule has 0 aliphatic carbocycles. The lowest BCUT2D eigenvalue weighted by atomic mass is 9.96. The predicted molar refractivity (Wildman–Crippen MR) is 95.5 cm³/mol.